The lowest BCUT2D eigenvalue weighted by molar-refractivity contribution is 0.172. The Labute approximate surface area is 60.1 Å². The second kappa shape index (κ2) is 6.49. The van der Waals surface area contributed by atoms with E-state index in [1.165, 1.54) is 0 Å². The lowest BCUT2D eigenvalue weighted by atomic mass is 10.3. The van der Waals surface area contributed by atoms with E-state index in [0.29, 0.717) is 13.0 Å². The molecule has 0 bridgehead atoms. The van der Waals surface area contributed by atoms with Crippen LogP contribution >= 0.6 is 0 Å². The van der Waals surface area contributed by atoms with Crippen LogP contribution in [-0.4, -0.2) is 36.0 Å². The number of nitrogens with zero attached hydrogens (tertiary/aromatic N) is 1. The second-order valence-electron chi connectivity index (χ2n) is 1.92. The van der Waals surface area contributed by atoms with Crippen molar-refractivity contribution in [2.24, 2.45) is 0 Å². The number of nitriles is 1. The van der Waals surface area contributed by atoms with Crippen molar-refractivity contribution >= 4 is 0 Å². The number of hydrogen-bond donors (Lipinski definition) is 3. The molecule has 0 atom stereocenters. The summed E-state index contributed by atoms with van der Waals surface area (Å²) >= 11 is 0. The van der Waals surface area contributed by atoms with Gasteiger partial charge in [-0.2, -0.15) is 5.26 Å². The van der Waals surface area contributed by atoms with E-state index in [1.54, 1.807) is 0 Å². The summed E-state index contributed by atoms with van der Waals surface area (Å²) in [5, 5.41) is 27.9. The third-order valence-corrected chi connectivity index (χ3v) is 1.11. The van der Waals surface area contributed by atoms with E-state index in [-0.39, 0.29) is 19.3 Å². The van der Waals surface area contributed by atoms with E-state index in [9.17, 15) is 0 Å². The Morgan fingerprint density at radius 2 is 2.00 bits per heavy atom. The minimum absolute atomic E-state index is 0.0953. The quantitative estimate of drug-likeness (QED) is 0.425. The van der Waals surface area contributed by atoms with E-state index in [1.807, 2.05) is 6.07 Å². The van der Waals surface area contributed by atoms with Crippen LogP contribution in [0.1, 0.15) is 6.42 Å². The summed E-state index contributed by atoms with van der Waals surface area (Å²) in [7, 11) is 0. The first kappa shape index (κ1) is 9.37. The zero-order valence-corrected chi connectivity index (χ0v) is 5.75. The minimum Gasteiger partial charge on any atom is -0.395 e. The fourth-order valence-electron chi connectivity index (χ4n) is 0.519. The molecule has 0 aliphatic rings. The number of rotatable bonds is 5. The van der Waals surface area contributed by atoms with Gasteiger partial charge in [-0.1, -0.05) is 0 Å². The molecule has 0 heterocycles. The standard InChI is InChI=1S/C6H12N2O2/c7-2-1-3-8-6(4-9)5-10/h6,8-10H,1,3-5H2. The summed E-state index contributed by atoms with van der Waals surface area (Å²) in [6.45, 7) is 0.326. The number of aliphatic hydroxyl groups is 2. The summed E-state index contributed by atoms with van der Waals surface area (Å²) in [6.07, 6.45) is 0.399. The first-order valence-corrected chi connectivity index (χ1v) is 3.17. The molecule has 0 rings (SSSR count). The monoisotopic (exact) mass is 144 g/mol. The zero-order valence-electron chi connectivity index (χ0n) is 5.75. The van der Waals surface area contributed by atoms with Crippen LogP contribution in [0.5, 0.6) is 0 Å². The van der Waals surface area contributed by atoms with Crippen molar-refractivity contribution < 1.29 is 10.2 Å². The Balaban J connectivity index is 3.19. The van der Waals surface area contributed by atoms with Crippen LogP contribution in [0.4, 0.5) is 0 Å². The van der Waals surface area contributed by atoms with E-state index >= 15 is 0 Å². The van der Waals surface area contributed by atoms with Crippen molar-refractivity contribution in [3.63, 3.8) is 0 Å². The molecule has 4 heteroatoms. The molecule has 0 aromatic carbocycles. The topological polar surface area (TPSA) is 76.3 Å². The number of hydrogen-bond acceptors (Lipinski definition) is 4. The first-order chi connectivity index (χ1) is 4.85. The average Bonchev–Trinajstić information content (AvgIpc) is 1.99. The van der Waals surface area contributed by atoms with Crippen LogP contribution < -0.4 is 5.32 Å². The van der Waals surface area contributed by atoms with Crippen LogP contribution in [0.15, 0.2) is 0 Å². The van der Waals surface area contributed by atoms with Gasteiger partial charge < -0.3 is 15.5 Å². The molecule has 58 valence electrons. The normalized spacial score (nSPS) is 9.80. The summed E-state index contributed by atoms with van der Waals surface area (Å²) in [6, 6.07) is 1.66. The lowest BCUT2D eigenvalue weighted by Crippen LogP contribution is -2.36. The molecule has 10 heavy (non-hydrogen) atoms. The van der Waals surface area contributed by atoms with Gasteiger partial charge in [-0.3, -0.25) is 0 Å². The van der Waals surface area contributed by atoms with Gasteiger partial charge in [-0.15, -0.1) is 0 Å². The highest BCUT2D eigenvalue weighted by atomic mass is 16.3. The Kier molecular flexibility index (Phi) is 6.08. The second-order valence-corrected chi connectivity index (χ2v) is 1.92. The van der Waals surface area contributed by atoms with Crippen LogP contribution in [0.25, 0.3) is 0 Å². The maximum absolute atomic E-state index is 8.52. The smallest absolute Gasteiger partial charge is 0.0635 e. The van der Waals surface area contributed by atoms with Gasteiger partial charge in [0.05, 0.1) is 25.3 Å². The minimum atomic E-state index is -0.284. The zero-order chi connectivity index (χ0) is 7.82. The van der Waals surface area contributed by atoms with Gasteiger partial charge in [0, 0.05) is 13.0 Å². The molecule has 0 amide bonds. The predicted octanol–water partition coefficient (Wildman–Crippen LogP) is -1.16. The van der Waals surface area contributed by atoms with E-state index < -0.39 is 0 Å². The lowest BCUT2D eigenvalue weighted by Gasteiger charge is -2.10. The number of aliphatic hydroxyl groups excluding tert-OH is 2. The van der Waals surface area contributed by atoms with Gasteiger partial charge in [-0.25, -0.2) is 0 Å². The maximum atomic E-state index is 8.52. The van der Waals surface area contributed by atoms with Crippen LogP contribution in [-0.2, 0) is 0 Å². The largest absolute Gasteiger partial charge is 0.395 e. The van der Waals surface area contributed by atoms with Crippen molar-refractivity contribution in [1.82, 2.24) is 5.32 Å². The third kappa shape index (κ3) is 4.27. The Bertz CT molecular complexity index is 107. The SMILES string of the molecule is N#CCCNC(CO)CO. The van der Waals surface area contributed by atoms with Gasteiger partial charge in [-0.05, 0) is 0 Å². The maximum Gasteiger partial charge on any atom is 0.0635 e. The first-order valence-electron chi connectivity index (χ1n) is 3.17. The Hall–Kier alpha value is -0.630. The van der Waals surface area contributed by atoms with Crippen molar-refractivity contribution in [2.75, 3.05) is 19.8 Å². The number of nitrogens with one attached hydrogen (secondary N) is 1. The summed E-state index contributed by atoms with van der Waals surface area (Å²) in [5.41, 5.74) is 0. The molecule has 0 radical (unpaired) electrons. The molecule has 0 aliphatic heterocycles. The van der Waals surface area contributed by atoms with E-state index in [4.69, 9.17) is 15.5 Å². The highest BCUT2D eigenvalue weighted by Crippen LogP contribution is 1.79. The molecular weight excluding hydrogens is 132 g/mol. The van der Waals surface area contributed by atoms with Crippen molar-refractivity contribution in [3.8, 4) is 6.07 Å². The summed E-state index contributed by atoms with van der Waals surface area (Å²) in [4.78, 5) is 0. The molecule has 0 saturated heterocycles. The fourth-order valence-corrected chi connectivity index (χ4v) is 0.519. The highest BCUT2D eigenvalue weighted by molar-refractivity contribution is 4.72. The molecule has 0 aromatic rings. The molecule has 0 aliphatic carbocycles. The molecule has 0 fully saturated rings. The Morgan fingerprint density at radius 1 is 1.40 bits per heavy atom. The average molecular weight is 144 g/mol. The molecule has 4 nitrogen and oxygen atoms in total. The third-order valence-electron chi connectivity index (χ3n) is 1.11. The van der Waals surface area contributed by atoms with E-state index in [0.717, 1.165) is 0 Å². The Morgan fingerprint density at radius 3 is 2.40 bits per heavy atom. The fraction of sp³-hybridized carbons (Fsp3) is 0.833. The van der Waals surface area contributed by atoms with Crippen LogP contribution in [0.3, 0.4) is 0 Å². The highest BCUT2D eigenvalue weighted by Gasteiger charge is 2.01. The van der Waals surface area contributed by atoms with Gasteiger partial charge in [0.2, 0.25) is 0 Å². The molecule has 3 N–H and O–H groups in total. The molecule has 0 aromatic heterocycles. The van der Waals surface area contributed by atoms with Gasteiger partial charge >= 0.3 is 0 Å². The van der Waals surface area contributed by atoms with E-state index in [2.05, 4.69) is 5.32 Å². The van der Waals surface area contributed by atoms with Crippen LogP contribution in [0, 0.1) is 11.3 Å². The predicted molar refractivity (Wildman–Crippen MR) is 36.2 cm³/mol. The molecular formula is C6H12N2O2. The summed E-state index contributed by atoms with van der Waals surface area (Å²) in [5.74, 6) is 0. The van der Waals surface area contributed by atoms with Crippen molar-refractivity contribution in [1.29, 1.82) is 5.26 Å². The van der Waals surface area contributed by atoms with Crippen molar-refractivity contribution in [3.05, 3.63) is 0 Å². The van der Waals surface area contributed by atoms with Gasteiger partial charge in [0.25, 0.3) is 0 Å². The van der Waals surface area contributed by atoms with Gasteiger partial charge in [0.1, 0.15) is 0 Å². The van der Waals surface area contributed by atoms with Crippen LogP contribution in [0.2, 0.25) is 0 Å². The molecule has 0 saturated carbocycles. The van der Waals surface area contributed by atoms with Crippen molar-refractivity contribution in [2.45, 2.75) is 12.5 Å². The molecule has 0 spiro atoms. The van der Waals surface area contributed by atoms with Gasteiger partial charge in [0.15, 0.2) is 0 Å². The molecule has 0 unspecified atom stereocenters. The summed E-state index contributed by atoms with van der Waals surface area (Å²) < 4.78 is 0.